The van der Waals surface area contributed by atoms with Gasteiger partial charge in [-0.2, -0.15) is 5.10 Å². The number of nitrogens with zero attached hydrogens (tertiary/aromatic N) is 2. The lowest BCUT2D eigenvalue weighted by Gasteiger charge is -2.06. The molecule has 0 fully saturated rings. The number of hydrogen-bond donors (Lipinski definition) is 3. The van der Waals surface area contributed by atoms with Crippen molar-refractivity contribution in [1.29, 1.82) is 0 Å². The fraction of sp³-hybridized carbons (Fsp3) is 0.0417. The molecule has 0 aliphatic rings. The monoisotopic (exact) mass is 446 g/mol. The van der Waals surface area contributed by atoms with Crippen molar-refractivity contribution in [3.63, 3.8) is 0 Å². The Morgan fingerprint density at radius 2 is 1.84 bits per heavy atom. The number of hydrazone groups is 1. The molecule has 1 heterocycles. The quantitative estimate of drug-likeness (QED) is 0.263. The molecule has 0 bridgehead atoms. The summed E-state index contributed by atoms with van der Waals surface area (Å²) in [4.78, 5) is 17.3. The summed E-state index contributed by atoms with van der Waals surface area (Å²) in [5.74, 6) is -0.488. The van der Waals surface area contributed by atoms with Gasteiger partial charge in [0, 0.05) is 11.1 Å². The highest BCUT2D eigenvalue weighted by Crippen LogP contribution is 2.36. The Bertz CT molecular complexity index is 1270. The summed E-state index contributed by atoms with van der Waals surface area (Å²) in [7, 11) is 0. The van der Waals surface area contributed by atoms with Crippen LogP contribution in [0.25, 0.3) is 11.3 Å². The molecule has 0 saturated carbocycles. The second-order valence-electron chi connectivity index (χ2n) is 6.99. The van der Waals surface area contributed by atoms with Crippen LogP contribution in [0.4, 0.5) is 14.5 Å². The highest BCUT2D eigenvalue weighted by Gasteiger charge is 2.16. The zero-order chi connectivity index (χ0) is 22.5. The van der Waals surface area contributed by atoms with E-state index in [-0.39, 0.29) is 17.5 Å². The first-order chi connectivity index (χ1) is 15.5. The predicted octanol–water partition coefficient (Wildman–Crippen LogP) is 5.66. The van der Waals surface area contributed by atoms with E-state index in [2.05, 4.69) is 20.8 Å². The van der Waals surface area contributed by atoms with Crippen molar-refractivity contribution in [2.24, 2.45) is 5.10 Å². The number of phenols is 1. The van der Waals surface area contributed by atoms with Crippen molar-refractivity contribution in [3.05, 3.63) is 95.3 Å². The number of carbonyl (C=O) groups excluding carboxylic acids is 1. The van der Waals surface area contributed by atoms with E-state index in [1.165, 1.54) is 23.5 Å². The van der Waals surface area contributed by atoms with E-state index in [0.717, 1.165) is 5.56 Å². The van der Waals surface area contributed by atoms with Crippen LogP contribution in [0.2, 0.25) is 0 Å². The molecule has 32 heavy (non-hydrogen) atoms. The molecule has 0 unspecified atom stereocenters. The Morgan fingerprint density at radius 3 is 2.56 bits per heavy atom. The number of carbonyl (C=O) groups is 1. The lowest BCUT2D eigenvalue weighted by molar-refractivity contribution is 0.102. The molecule has 4 rings (SSSR count). The van der Waals surface area contributed by atoms with Gasteiger partial charge < -0.3 is 10.4 Å². The number of amides is 1. The minimum Gasteiger partial charge on any atom is -0.508 e. The van der Waals surface area contributed by atoms with Gasteiger partial charge in [0.15, 0.2) is 0 Å². The maximum atomic E-state index is 13.4. The van der Waals surface area contributed by atoms with Gasteiger partial charge in [-0.1, -0.05) is 41.2 Å². The van der Waals surface area contributed by atoms with Crippen LogP contribution in [0.5, 0.6) is 5.75 Å². The molecule has 4 aromatic rings. The average molecular weight is 447 g/mol. The van der Waals surface area contributed by atoms with Gasteiger partial charge >= 0.3 is 0 Å². The maximum absolute atomic E-state index is 13.4. The normalized spacial score (nSPS) is 10.9. The lowest BCUT2D eigenvalue weighted by Crippen LogP contribution is -2.11. The van der Waals surface area contributed by atoms with Crippen molar-refractivity contribution in [1.82, 2.24) is 4.98 Å². The number of rotatable bonds is 6. The van der Waals surface area contributed by atoms with Crippen LogP contribution in [0.15, 0.2) is 77.9 Å². The van der Waals surface area contributed by atoms with Crippen LogP contribution in [-0.2, 0) is 0 Å². The van der Waals surface area contributed by atoms with E-state index in [9.17, 15) is 14.3 Å². The van der Waals surface area contributed by atoms with Crippen molar-refractivity contribution >= 4 is 33.6 Å². The molecule has 1 amide bonds. The highest BCUT2D eigenvalue weighted by molar-refractivity contribution is 7.20. The molecule has 8 heteroatoms. The van der Waals surface area contributed by atoms with Crippen LogP contribution in [0, 0.1) is 12.7 Å². The zero-order valence-corrected chi connectivity index (χ0v) is 17.9. The number of hydrogen-bond acceptors (Lipinski definition) is 6. The number of thiazole rings is 1. The molecule has 160 valence electrons. The van der Waals surface area contributed by atoms with Gasteiger partial charge in [-0.3, -0.25) is 10.2 Å². The summed E-state index contributed by atoms with van der Waals surface area (Å²) in [6, 6.07) is 19.8. The van der Waals surface area contributed by atoms with Gasteiger partial charge in [0.05, 0.1) is 6.21 Å². The molecule has 6 nitrogen and oxygen atoms in total. The number of nitrogens with one attached hydrogen (secondary N) is 2. The van der Waals surface area contributed by atoms with Gasteiger partial charge in [0.2, 0.25) is 5.13 Å². The third-order valence-corrected chi connectivity index (χ3v) is 5.41. The van der Waals surface area contributed by atoms with Crippen molar-refractivity contribution < 1.29 is 14.3 Å². The molecule has 0 aliphatic carbocycles. The maximum Gasteiger partial charge on any atom is 0.256 e. The number of anilines is 2. The van der Waals surface area contributed by atoms with E-state index < -0.39 is 0 Å². The fourth-order valence-corrected chi connectivity index (χ4v) is 3.74. The SMILES string of the molecule is Cc1ccc(C(=O)Nc2sc(NN=Cc3cccc(O)c3)nc2-c2ccc(F)cc2)cc1. The van der Waals surface area contributed by atoms with Crippen LogP contribution in [0.3, 0.4) is 0 Å². The molecule has 0 spiro atoms. The summed E-state index contributed by atoms with van der Waals surface area (Å²) in [5, 5.41) is 17.5. The molecule has 3 aromatic carbocycles. The molecule has 1 aromatic heterocycles. The van der Waals surface area contributed by atoms with Crippen LogP contribution >= 0.6 is 11.3 Å². The van der Waals surface area contributed by atoms with E-state index in [1.54, 1.807) is 54.7 Å². The van der Waals surface area contributed by atoms with Gasteiger partial charge in [-0.05, 0) is 61.0 Å². The smallest absolute Gasteiger partial charge is 0.256 e. The Balaban J connectivity index is 1.60. The van der Waals surface area contributed by atoms with Gasteiger partial charge in [-0.25, -0.2) is 9.37 Å². The summed E-state index contributed by atoms with van der Waals surface area (Å²) < 4.78 is 13.4. The molecular formula is C24H19FN4O2S. The topological polar surface area (TPSA) is 86.6 Å². The van der Waals surface area contributed by atoms with Crippen LogP contribution in [-0.4, -0.2) is 22.2 Å². The number of aryl methyl sites for hydroxylation is 1. The molecule has 0 saturated heterocycles. The van der Waals surface area contributed by atoms with Crippen LogP contribution < -0.4 is 10.7 Å². The summed E-state index contributed by atoms with van der Waals surface area (Å²) in [6.07, 6.45) is 1.54. The standard InChI is InChI=1S/C24H19FN4O2S/c1-15-5-7-18(8-6-15)22(31)28-23-21(17-9-11-19(25)12-10-17)27-24(32-23)29-26-14-16-3-2-4-20(30)13-16/h2-14,30H,1H3,(H,27,29)(H,28,31). The molecule has 0 radical (unpaired) electrons. The highest BCUT2D eigenvalue weighted by atomic mass is 32.1. The number of halogens is 1. The largest absolute Gasteiger partial charge is 0.508 e. The van der Waals surface area contributed by atoms with Crippen molar-refractivity contribution in [3.8, 4) is 17.0 Å². The third kappa shape index (κ3) is 5.16. The third-order valence-electron chi connectivity index (χ3n) is 4.53. The fourth-order valence-electron chi connectivity index (χ4n) is 2.90. The predicted molar refractivity (Wildman–Crippen MR) is 126 cm³/mol. The summed E-state index contributed by atoms with van der Waals surface area (Å²) in [6.45, 7) is 1.95. The number of phenolic OH excluding ortho intramolecular Hbond substituents is 1. The van der Waals surface area contributed by atoms with Crippen LogP contribution in [0.1, 0.15) is 21.5 Å². The Morgan fingerprint density at radius 1 is 1.09 bits per heavy atom. The number of aromatic nitrogens is 1. The summed E-state index contributed by atoms with van der Waals surface area (Å²) >= 11 is 1.21. The zero-order valence-electron chi connectivity index (χ0n) is 17.0. The van der Waals surface area contributed by atoms with Gasteiger partial charge in [0.25, 0.3) is 5.91 Å². The second kappa shape index (κ2) is 9.40. The van der Waals surface area contributed by atoms with Crippen molar-refractivity contribution in [2.75, 3.05) is 10.7 Å². The lowest BCUT2D eigenvalue weighted by atomic mass is 10.1. The van der Waals surface area contributed by atoms with Gasteiger partial charge in [0.1, 0.15) is 22.3 Å². The molecule has 0 aliphatic heterocycles. The van der Waals surface area contributed by atoms with Gasteiger partial charge in [-0.15, -0.1) is 0 Å². The average Bonchev–Trinajstić information content (AvgIpc) is 3.17. The first-order valence-electron chi connectivity index (χ1n) is 9.71. The first kappa shape index (κ1) is 21.2. The molecule has 3 N–H and O–H groups in total. The Hall–Kier alpha value is -4.04. The summed E-state index contributed by atoms with van der Waals surface area (Å²) in [5.41, 5.74) is 6.29. The Labute approximate surface area is 188 Å². The minimum atomic E-state index is -0.358. The van der Waals surface area contributed by atoms with E-state index in [1.807, 2.05) is 19.1 Å². The number of benzene rings is 3. The number of aromatic hydroxyl groups is 1. The molecule has 0 atom stereocenters. The minimum absolute atomic E-state index is 0.142. The van der Waals surface area contributed by atoms with E-state index in [4.69, 9.17) is 0 Å². The van der Waals surface area contributed by atoms with E-state index >= 15 is 0 Å². The van der Waals surface area contributed by atoms with Crippen molar-refractivity contribution in [2.45, 2.75) is 6.92 Å². The second-order valence-corrected chi connectivity index (χ2v) is 7.99. The Kier molecular flexibility index (Phi) is 6.23. The molecular weight excluding hydrogens is 427 g/mol. The first-order valence-corrected chi connectivity index (χ1v) is 10.5. The van der Waals surface area contributed by atoms with E-state index in [0.29, 0.717) is 32.5 Å².